The van der Waals surface area contributed by atoms with E-state index in [4.69, 9.17) is 11.6 Å². The molecule has 0 radical (unpaired) electrons. The van der Waals surface area contributed by atoms with Gasteiger partial charge in [-0.3, -0.25) is 0 Å². The van der Waals surface area contributed by atoms with Crippen LogP contribution in [-0.4, -0.2) is 23.1 Å². The van der Waals surface area contributed by atoms with Crippen LogP contribution in [0.25, 0.3) is 11.4 Å². The number of nitrogens with one attached hydrogen (secondary N) is 1. The molecular weight excluding hydrogens is 222 g/mol. The van der Waals surface area contributed by atoms with E-state index in [2.05, 4.69) is 14.9 Å². The second-order valence-corrected chi connectivity index (χ2v) is 3.99. The first kappa shape index (κ1) is 11.2. The standard InChI is InChI=1S/C12H14ClN3/c1-14-6-8-16-9-7-15-12(16)10-2-4-11(13)5-3-10/h2-5,7,9,14H,6,8H2,1H3. The number of likely N-dealkylation sites (N-methyl/N-ethyl adjacent to an activating group) is 1. The van der Waals surface area contributed by atoms with Gasteiger partial charge < -0.3 is 9.88 Å². The quantitative estimate of drug-likeness (QED) is 0.882. The Hall–Kier alpha value is -1.32. The molecule has 0 bridgehead atoms. The Morgan fingerprint density at radius 2 is 2.06 bits per heavy atom. The van der Waals surface area contributed by atoms with Crippen LogP contribution >= 0.6 is 11.6 Å². The van der Waals surface area contributed by atoms with Crippen molar-refractivity contribution in [2.24, 2.45) is 0 Å². The fourth-order valence-corrected chi connectivity index (χ4v) is 1.71. The number of halogens is 1. The topological polar surface area (TPSA) is 29.9 Å². The van der Waals surface area contributed by atoms with E-state index >= 15 is 0 Å². The van der Waals surface area contributed by atoms with Crippen molar-refractivity contribution in [3.8, 4) is 11.4 Å². The molecule has 1 aromatic carbocycles. The third-order valence-corrected chi connectivity index (χ3v) is 2.67. The number of hydrogen-bond donors (Lipinski definition) is 1. The third kappa shape index (κ3) is 2.43. The van der Waals surface area contributed by atoms with Crippen molar-refractivity contribution in [3.05, 3.63) is 41.7 Å². The van der Waals surface area contributed by atoms with Crippen LogP contribution in [0.4, 0.5) is 0 Å². The summed E-state index contributed by atoms with van der Waals surface area (Å²) in [7, 11) is 1.94. The van der Waals surface area contributed by atoms with E-state index in [1.807, 2.05) is 43.7 Å². The maximum Gasteiger partial charge on any atom is 0.139 e. The number of nitrogens with zero attached hydrogens (tertiary/aromatic N) is 2. The summed E-state index contributed by atoms with van der Waals surface area (Å²) >= 11 is 5.86. The molecule has 0 aliphatic rings. The van der Waals surface area contributed by atoms with E-state index in [0.29, 0.717) is 0 Å². The summed E-state index contributed by atoms with van der Waals surface area (Å²) in [4.78, 5) is 4.36. The van der Waals surface area contributed by atoms with Gasteiger partial charge in [0, 0.05) is 36.1 Å². The maximum atomic E-state index is 5.86. The van der Waals surface area contributed by atoms with Crippen molar-refractivity contribution >= 4 is 11.6 Å². The van der Waals surface area contributed by atoms with E-state index in [0.717, 1.165) is 29.5 Å². The lowest BCUT2D eigenvalue weighted by atomic mass is 10.2. The van der Waals surface area contributed by atoms with Crippen LogP contribution < -0.4 is 5.32 Å². The molecule has 0 atom stereocenters. The molecule has 0 aliphatic heterocycles. The smallest absolute Gasteiger partial charge is 0.139 e. The lowest BCUT2D eigenvalue weighted by Gasteiger charge is -2.07. The molecule has 0 amide bonds. The zero-order valence-corrected chi connectivity index (χ0v) is 9.91. The van der Waals surface area contributed by atoms with Gasteiger partial charge in [-0.25, -0.2) is 4.98 Å². The molecule has 1 heterocycles. The lowest BCUT2D eigenvalue weighted by molar-refractivity contribution is 0.649. The predicted molar refractivity (Wildman–Crippen MR) is 66.6 cm³/mol. The number of benzene rings is 1. The minimum Gasteiger partial charge on any atom is -0.330 e. The van der Waals surface area contributed by atoms with Gasteiger partial charge in [-0.15, -0.1) is 0 Å². The first-order valence-corrected chi connectivity index (χ1v) is 5.61. The summed E-state index contributed by atoms with van der Waals surface area (Å²) in [5, 5.41) is 3.87. The van der Waals surface area contributed by atoms with Crippen molar-refractivity contribution in [3.63, 3.8) is 0 Å². The predicted octanol–water partition coefficient (Wildman–Crippen LogP) is 2.42. The molecule has 3 nitrogen and oxygen atoms in total. The number of imidazole rings is 1. The summed E-state index contributed by atoms with van der Waals surface area (Å²) in [6.45, 7) is 1.84. The van der Waals surface area contributed by atoms with Gasteiger partial charge in [-0.2, -0.15) is 0 Å². The molecule has 4 heteroatoms. The molecule has 1 N–H and O–H groups in total. The molecule has 0 unspecified atom stereocenters. The average molecular weight is 236 g/mol. The van der Waals surface area contributed by atoms with Crippen molar-refractivity contribution < 1.29 is 0 Å². The highest BCUT2D eigenvalue weighted by Crippen LogP contribution is 2.19. The van der Waals surface area contributed by atoms with Crippen molar-refractivity contribution in [1.29, 1.82) is 0 Å². The molecule has 84 valence electrons. The van der Waals surface area contributed by atoms with Crippen molar-refractivity contribution in [2.75, 3.05) is 13.6 Å². The first-order chi connectivity index (χ1) is 7.81. The molecule has 1 aromatic heterocycles. The highest BCUT2D eigenvalue weighted by atomic mass is 35.5. The molecular formula is C12H14ClN3. The Balaban J connectivity index is 2.26. The summed E-state index contributed by atoms with van der Waals surface area (Å²) in [6, 6.07) is 7.74. The largest absolute Gasteiger partial charge is 0.330 e. The molecule has 0 spiro atoms. The zero-order valence-electron chi connectivity index (χ0n) is 9.15. The first-order valence-electron chi connectivity index (χ1n) is 5.23. The summed E-state index contributed by atoms with van der Waals surface area (Å²) in [5.74, 6) is 0.979. The fraction of sp³-hybridized carbons (Fsp3) is 0.250. The van der Waals surface area contributed by atoms with E-state index in [1.165, 1.54) is 0 Å². The van der Waals surface area contributed by atoms with Crippen molar-refractivity contribution in [1.82, 2.24) is 14.9 Å². The highest BCUT2D eigenvalue weighted by Gasteiger charge is 2.04. The zero-order chi connectivity index (χ0) is 11.4. The molecule has 16 heavy (non-hydrogen) atoms. The maximum absolute atomic E-state index is 5.86. The van der Waals surface area contributed by atoms with Gasteiger partial charge in [0.25, 0.3) is 0 Å². The molecule has 2 rings (SSSR count). The Bertz CT molecular complexity index is 448. The molecule has 0 saturated carbocycles. The molecule has 0 fully saturated rings. The SMILES string of the molecule is CNCCn1ccnc1-c1ccc(Cl)cc1. The van der Waals surface area contributed by atoms with Crippen LogP contribution in [0.1, 0.15) is 0 Å². The second kappa shape index (κ2) is 5.14. The van der Waals surface area contributed by atoms with Crippen LogP contribution in [0.5, 0.6) is 0 Å². The van der Waals surface area contributed by atoms with Gasteiger partial charge in [0.2, 0.25) is 0 Å². The number of hydrogen-bond acceptors (Lipinski definition) is 2. The normalized spacial score (nSPS) is 10.6. The Kier molecular flexibility index (Phi) is 3.59. The van der Waals surface area contributed by atoms with Crippen LogP contribution in [0.3, 0.4) is 0 Å². The van der Waals surface area contributed by atoms with Crippen LogP contribution in [0, 0.1) is 0 Å². The van der Waals surface area contributed by atoms with Gasteiger partial charge in [-0.05, 0) is 31.3 Å². The minimum absolute atomic E-state index is 0.747. The van der Waals surface area contributed by atoms with E-state index in [9.17, 15) is 0 Å². The van der Waals surface area contributed by atoms with E-state index in [1.54, 1.807) is 0 Å². The monoisotopic (exact) mass is 235 g/mol. The lowest BCUT2D eigenvalue weighted by Crippen LogP contribution is -2.15. The summed E-state index contributed by atoms with van der Waals surface area (Å²) in [6.07, 6.45) is 3.81. The van der Waals surface area contributed by atoms with Gasteiger partial charge in [0.05, 0.1) is 0 Å². The van der Waals surface area contributed by atoms with Crippen molar-refractivity contribution in [2.45, 2.75) is 6.54 Å². The molecule has 2 aromatic rings. The average Bonchev–Trinajstić information content (AvgIpc) is 2.75. The van der Waals surface area contributed by atoms with Gasteiger partial charge in [-0.1, -0.05) is 11.6 Å². The second-order valence-electron chi connectivity index (χ2n) is 3.55. The highest BCUT2D eigenvalue weighted by molar-refractivity contribution is 6.30. The van der Waals surface area contributed by atoms with Crippen LogP contribution in [0.2, 0.25) is 5.02 Å². The molecule has 0 saturated heterocycles. The third-order valence-electron chi connectivity index (χ3n) is 2.42. The van der Waals surface area contributed by atoms with Gasteiger partial charge in [0.1, 0.15) is 5.82 Å². The minimum atomic E-state index is 0.747. The Morgan fingerprint density at radius 3 is 2.75 bits per heavy atom. The number of aromatic nitrogens is 2. The Morgan fingerprint density at radius 1 is 1.31 bits per heavy atom. The van der Waals surface area contributed by atoms with Gasteiger partial charge >= 0.3 is 0 Å². The van der Waals surface area contributed by atoms with E-state index in [-0.39, 0.29) is 0 Å². The molecule has 0 aliphatic carbocycles. The Labute approximate surface area is 100 Å². The van der Waals surface area contributed by atoms with Crippen LogP contribution in [-0.2, 0) is 6.54 Å². The van der Waals surface area contributed by atoms with Crippen LogP contribution in [0.15, 0.2) is 36.7 Å². The van der Waals surface area contributed by atoms with Gasteiger partial charge in [0.15, 0.2) is 0 Å². The fourth-order valence-electron chi connectivity index (χ4n) is 1.58. The summed E-state index contributed by atoms with van der Waals surface area (Å²) in [5.41, 5.74) is 1.09. The number of rotatable bonds is 4. The summed E-state index contributed by atoms with van der Waals surface area (Å²) < 4.78 is 2.12. The van der Waals surface area contributed by atoms with E-state index < -0.39 is 0 Å².